The van der Waals surface area contributed by atoms with Crippen molar-refractivity contribution in [3.8, 4) is 5.88 Å². The molecule has 5 rings (SSSR count). The van der Waals surface area contributed by atoms with Gasteiger partial charge in [0, 0.05) is 18.7 Å². The van der Waals surface area contributed by atoms with Crippen molar-refractivity contribution in [3.63, 3.8) is 0 Å². The minimum atomic E-state index is -1.26. The molecule has 1 aromatic heterocycles. The normalized spacial score (nSPS) is 14.4. The summed E-state index contributed by atoms with van der Waals surface area (Å²) in [7, 11) is 0. The molecule has 0 amide bonds. The van der Waals surface area contributed by atoms with Crippen molar-refractivity contribution in [3.05, 3.63) is 83.9 Å². The van der Waals surface area contributed by atoms with Crippen molar-refractivity contribution in [2.45, 2.75) is 32.7 Å². The first kappa shape index (κ1) is 26.9. The van der Waals surface area contributed by atoms with Crippen LogP contribution in [-0.2, 0) is 16.1 Å². The molecule has 198 valence electrons. The van der Waals surface area contributed by atoms with Crippen molar-refractivity contribution in [1.29, 1.82) is 0 Å². The predicted molar refractivity (Wildman–Crippen MR) is 145 cm³/mol. The molecule has 2 heterocycles. The Hall–Kier alpha value is -4.17. The molecule has 38 heavy (non-hydrogen) atoms. The number of fused-ring (bicyclic) bond motifs is 2. The highest BCUT2D eigenvalue weighted by Gasteiger charge is 2.20. The van der Waals surface area contributed by atoms with Crippen LogP contribution in [0.2, 0.25) is 0 Å². The zero-order valence-corrected chi connectivity index (χ0v) is 21.4. The van der Waals surface area contributed by atoms with Crippen LogP contribution < -0.4 is 4.74 Å². The zero-order chi connectivity index (χ0) is 26.9. The van der Waals surface area contributed by atoms with Crippen LogP contribution in [0.3, 0.4) is 0 Å². The van der Waals surface area contributed by atoms with Crippen molar-refractivity contribution >= 4 is 33.7 Å². The summed E-state index contributed by atoms with van der Waals surface area (Å²) >= 11 is 0. The summed E-state index contributed by atoms with van der Waals surface area (Å²) in [5, 5.41) is 23.3. The van der Waals surface area contributed by atoms with E-state index in [0.29, 0.717) is 24.6 Å². The summed E-state index contributed by atoms with van der Waals surface area (Å²) in [5.74, 6) is -1.17. The summed E-state index contributed by atoms with van der Waals surface area (Å²) in [4.78, 5) is 21.7. The number of carboxylic acid groups (broad SMARTS) is 2. The van der Waals surface area contributed by atoms with E-state index in [-0.39, 0.29) is 0 Å². The van der Waals surface area contributed by atoms with Crippen LogP contribution in [0.5, 0.6) is 5.88 Å². The first-order chi connectivity index (χ1) is 18.4. The molecule has 1 aliphatic heterocycles. The molecule has 0 unspecified atom stereocenters. The fraction of sp³-hybridized carbons (Fsp3) is 0.300. The number of piperidine rings is 1. The highest BCUT2D eigenvalue weighted by Crippen LogP contribution is 2.27. The van der Waals surface area contributed by atoms with Gasteiger partial charge in [-0.2, -0.15) is 0 Å². The van der Waals surface area contributed by atoms with Gasteiger partial charge < -0.3 is 19.5 Å². The fourth-order valence-corrected chi connectivity index (χ4v) is 4.63. The maximum atomic E-state index is 9.55. The predicted octanol–water partition coefficient (Wildman–Crippen LogP) is 5.68. The van der Waals surface area contributed by atoms with Gasteiger partial charge in [0.1, 0.15) is 0 Å². The zero-order valence-electron chi connectivity index (χ0n) is 21.4. The second kappa shape index (κ2) is 12.9. The Morgan fingerprint density at radius 3 is 2.42 bits per heavy atom. The number of nitrogens with zero attached hydrogens (tertiary/aromatic N) is 2. The van der Waals surface area contributed by atoms with Crippen molar-refractivity contribution in [2.75, 3.05) is 19.7 Å². The number of ether oxygens (including phenoxy) is 1. The van der Waals surface area contributed by atoms with Gasteiger partial charge >= 0.3 is 11.9 Å². The Balaban J connectivity index is 0.000000368. The maximum absolute atomic E-state index is 9.55. The highest BCUT2D eigenvalue weighted by molar-refractivity contribution is 5.89. The Kier molecular flexibility index (Phi) is 9.11. The molecule has 1 saturated heterocycles. The number of likely N-dealkylation sites (tertiary alicyclic amines) is 1. The van der Waals surface area contributed by atoms with E-state index in [1.54, 1.807) is 0 Å². The standard InChI is InChI=1S/C26H28N2O2.C4H4O4/c1-19-6-9-25-24(16-19)26(27-30-25)29-15-12-20-10-13-28(14-11-20)18-21-7-8-22-4-2-3-5-23(22)17-21;5-3(6)1-2-4(7)8/h2-9,16-17,20H,10-15,18H2,1H3;1-2H,(H,5,6)(H,7,8). The Morgan fingerprint density at radius 2 is 1.71 bits per heavy atom. The van der Waals surface area contributed by atoms with E-state index in [2.05, 4.69) is 65.5 Å². The Labute approximate surface area is 221 Å². The summed E-state index contributed by atoms with van der Waals surface area (Å²) in [6.07, 6.45) is 4.65. The van der Waals surface area contributed by atoms with Crippen LogP contribution in [0.25, 0.3) is 21.7 Å². The lowest BCUT2D eigenvalue weighted by atomic mass is 9.93. The number of aryl methyl sites for hydroxylation is 1. The van der Waals surface area contributed by atoms with Gasteiger partial charge in [-0.25, -0.2) is 9.59 Å². The van der Waals surface area contributed by atoms with E-state index < -0.39 is 11.9 Å². The Bertz CT molecular complexity index is 1400. The molecule has 0 atom stereocenters. The van der Waals surface area contributed by atoms with E-state index in [1.165, 1.54) is 34.7 Å². The van der Waals surface area contributed by atoms with Gasteiger partial charge in [0.05, 0.1) is 12.0 Å². The quantitative estimate of drug-likeness (QED) is 0.288. The van der Waals surface area contributed by atoms with Gasteiger partial charge in [0.2, 0.25) is 0 Å². The lowest BCUT2D eigenvalue weighted by Crippen LogP contribution is -2.33. The number of rotatable bonds is 8. The molecule has 8 heteroatoms. The van der Waals surface area contributed by atoms with Crippen LogP contribution in [-0.4, -0.2) is 51.9 Å². The van der Waals surface area contributed by atoms with Crippen molar-refractivity contribution in [2.24, 2.45) is 5.92 Å². The SMILES string of the molecule is Cc1ccc2onc(OCCC3CCN(Cc4ccc5ccccc5c4)CC3)c2c1.O=C(O)C=CC(=O)O. The minimum Gasteiger partial charge on any atom is -0.478 e. The smallest absolute Gasteiger partial charge is 0.328 e. The van der Waals surface area contributed by atoms with Crippen LogP contribution in [0.15, 0.2) is 77.3 Å². The Morgan fingerprint density at radius 1 is 1.00 bits per heavy atom. The average molecular weight is 517 g/mol. The van der Waals surface area contributed by atoms with E-state index in [0.717, 1.165) is 42.9 Å². The molecule has 4 aromatic rings. The van der Waals surface area contributed by atoms with Crippen molar-refractivity contribution in [1.82, 2.24) is 10.1 Å². The molecule has 0 spiro atoms. The highest BCUT2D eigenvalue weighted by atomic mass is 16.5. The molecule has 8 nitrogen and oxygen atoms in total. The molecule has 0 bridgehead atoms. The number of carboxylic acids is 2. The van der Waals surface area contributed by atoms with Gasteiger partial charge in [-0.15, -0.1) is 0 Å². The van der Waals surface area contributed by atoms with Crippen LogP contribution in [0.4, 0.5) is 0 Å². The number of hydrogen-bond donors (Lipinski definition) is 2. The topological polar surface area (TPSA) is 113 Å². The first-order valence-corrected chi connectivity index (χ1v) is 12.7. The lowest BCUT2D eigenvalue weighted by molar-refractivity contribution is -0.134. The third-order valence-electron chi connectivity index (χ3n) is 6.65. The molecule has 1 aliphatic rings. The summed E-state index contributed by atoms with van der Waals surface area (Å²) in [6, 6.07) is 21.5. The number of hydrogen-bond acceptors (Lipinski definition) is 6. The molecule has 1 fully saturated rings. The van der Waals surface area contributed by atoms with E-state index >= 15 is 0 Å². The van der Waals surface area contributed by atoms with E-state index in [9.17, 15) is 9.59 Å². The summed E-state index contributed by atoms with van der Waals surface area (Å²) < 4.78 is 11.3. The summed E-state index contributed by atoms with van der Waals surface area (Å²) in [6.45, 7) is 6.12. The number of benzene rings is 3. The molecule has 3 aromatic carbocycles. The molecular formula is C30H32N2O6. The average Bonchev–Trinajstić information content (AvgIpc) is 3.31. The van der Waals surface area contributed by atoms with Crippen LogP contribution in [0, 0.1) is 12.8 Å². The first-order valence-electron chi connectivity index (χ1n) is 12.7. The second-order valence-electron chi connectivity index (χ2n) is 9.54. The maximum Gasteiger partial charge on any atom is 0.328 e. The molecule has 0 radical (unpaired) electrons. The third kappa shape index (κ3) is 7.66. The van der Waals surface area contributed by atoms with Gasteiger partial charge in [-0.05, 0) is 84.9 Å². The van der Waals surface area contributed by atoms with Crippen LogP contribution in [0.1, 0.15) is 30.4 Å². The number of aromatic nitrogens is 1. The number of carbonyl (C=O) groups is 2. The largest absolute Gasteiger partial charge is 0.478 e. The molecular weight excluding hydrogens is 484 g/mol. The molecule has 0 aliphatic carbocycles. The fourth-order valence-electron chi connectivity index (χ4n) is 4.63. The minimum absolute atomic E-state index is 0.558. The lowest BCUT2D eigenvalue weighted by Gasteiger charge is -2.32. The van der Waals surface area contributed by atoms with Crippen LogP contribution >= 0.6 is 0 Å². The third-order valence-corrected chi connectivity index (χ3v) is 6.65. The van der Waals surface area contributed by atoms with E-state index in [4.69, 9.17) is 19.5 Å². The van der Waals surface area contributed by atoms with E-state index in [1.807, 2.05) is 12.1 Å². The second-order valence-corrected chi connectivity index (χ2v) is 9.54. The monoisotopic (exact) mass is 516 g/mol. The van der Waals surface area contributed by atoms with Crippen molar-refractivity contribution < 1.29 is 29.1 Å². The van der Waals surface area contributed by atoms with Gasteiger partial charge in [-0.3, -0.25) is 4.90 Å². The number of aliphatic carboxylic acids is 2. The van der Waals surface area contributed by atoms with Gasteiger partial charge in [0.25, 0.3) is 5.88 Å². The summed E-state index contributed by atoms with van der Waals surface area (Å²) in [5.41, 5.74) is 3.38. The van der Waals surface area contributed by atoms with Gasteiger partial charge in [0.15, 0.2) is 5.58 Å². The molecule has 2 N–H and O–H groups in total. The molecule has 0 saturated carbocycles. The van der Waals surface area contributed by atoms with Gasteiger partial charge in [-0.1, -0.05) is 48.0 Å².